The summed E-state index contributed by atoms with van der Waals surface area (Å²) >= 11 is 0. The third kappa shape index (κ3) is 55.7. The smallest absolute Gasteiger partial charge is 0.462 e. The van der Waals surface area contributed by atoms with E-state index in [2.05, 4.69) is 48.5 Å². The van der Waals surface area contributed by atoms with Gasteiger partial charge in [0.1, 0.15) is 19.3 Å². The van der Waals surface area contributed by atoms with Crippen LogP contribution in [0.15, 0.2) is 0 Å². The molecule has 0 spiro atoms. The summed E-state index contributed by atoms with van der Waals surface area (Å²) in [4.78, 5) is 71.8. The number of carbonyl (C=O) groups excluding carboxylic acids is 4. The fourth-order valence-corrected chi connectivity index (χ4v) is 10.7. The van der Waals surface area contributed by atoms with Crippen molar-refractivity contribution in [2.45, 2.75) is 317 Å². The van der Waals surface area contributed by atoms with Crippen molar-refractivity contribution in [3.63, 3.8) is 0 Å². The minimum Gasteiger partial charge on any atom is -0.462 e. The third-order valence-electron chi connectivity index (χ3n) is 14.5. The molecule has 0 aliphatic rings. The quantitative estimate of drug-likeness (QED) is 0.0222. The van der Waals surface area contributed by atoms with E-state index >= 15 is 0 Å². The number of aliphatic hydroxyl groups is 1. The molecule has 19 heteroatoms. The van der Waals surface area contributed by atoms with E-state index in [9.17, 15) is 43.2 Å². The molecular formula is C62H120O17P2. The molecule has 0 saturated carbocycles. The molecule has 480 valence electrons. The molecular weight excluding hydrogens is 1080 g/mol. The Hall–Kier alpha value is -1.94. The monoisotopic (exact) mass is 1200 g/mol. The summed E-state index contributed by atoms with van der Waals surface area (Å²) in [7, 11) is -9.87. The minimum absolute atomic E-state index is 0.101. The summed E-state index contributed by atoms with van der Waals surface area (Å²) in [5.41, 5.74) is 0. The molecule has 17 nitrogen and oxygen atoms in total. The fourth-order valence-electron chi connectivity index (χ4n) is 9.09. The Morgan fingerprint density at radius 3 is 0.938 bits per heavy atom. The van der Waals surface area contributed by atoms with Gasteiger partial charge in [0, 0.05) is 25.7 Å². The van der Waals surface area contributed by atoms with Crippen LogP contribution in [-0.2, 0) is 65.4 Å². The molecule has 0 aromatic heterocycles. The first-order valence-corrected chi connectivity index (χ1v) is 35.4. The Kier molecular flexibility index (Phi) is 52.2. The molecule has 0 aromatic carbocycles. The summed E-state index contributed by atoms with van der Waals surface area (Å²) < 4.78 is 67.6. The second-order valence-electron chi connectivity index (χ2n) is 23.6. The summed E-state index contributed by atoms with van der Waals surface area (Å²) in [6, 6.07) is 0. The third-order valence-corrected chi connectivity index (χ3v) is 16.4. The van der Waals surface area contributed by atoms with E-state index in [4.69, 9.17) is 37.0 Å². The maximum Gasteiger partial charge on any atom is 0.472 e. The highest BCUT2D eigenvalue weighted by Gasteiger charge is 2.30. The van der Waals surface area contributed by atoms with Crippen LogP contribution in [0.2, 0.25) is 0 Å². The zero-order valence-electron chi connectivity index (χ0n) is 52.2. The molecule has 81 heavy (non-hydrogen) atoms. The summed E-state index contributed by atoms with van der Waals surface area (Å²) in [6.07, 6.45) is 34.2. The molecule has 0 rings (SSSR count). The predicted molar refractivity (Wildman–Crippen MR) is 321 cm³/mol. The molecule has 0 radical (unpaired) electrons. The molecule has 0 aromatic rings. The van der Waals surface area contributed by atoms with Gasteiger partial charge in [0.15, 0.2) is 12.2 Å². The van der Waals surface area contributed by atoms with Crippen LogP contribution in [-0.4, -0.2) is 96.7 Å². The molecule has 0 saturated heterocycles. The van der Waals surface area contributed by atoms with Crippen molar-refractivity contribution in [2.24, 2.45) is 17.8 Å². The Morgan fingerprint density at radius 1 is 0.358 bits per heavy atom. The zero-order chi connectivity index (χ0) is 60.3. The number of ether oxygens (including phenoxy) is 4. The number of aliphatic hydroxyl groups excluding tert-OH is 1. The summed E-state index contributed by atoms with van der Waals surface area (Å²) in [5, 5.41) is 10.5. The molecule has 0 amide bonds. The van der Waals surface area contributed by atoms with Gasteiger partial charge in [-0.25, -0.2) is 9.13 Å². The molecule has 0 aliphatic heterocycles. The number of rotatable bonds is 60. The van der Waals surface area contributed by atoms with E-state index in [1.165, 1.54) is 96.3 Å². The zero-order valence-corrected chi connectivity index (χ0v) is 54.0. The van der Waals surface area contributed by atoms with Crippen molar-refractivity contribution < 1.29 is 80.2 Å². The van der Waals surface area contributed by atoms with Crippen LogP contribution in [0.5, 0.6) is 0 Å². The Bertz CT molecular complexity index is 1620. The van der Waals surface area contributed by atoms with Crippen LogP contribution in [0.25, 0.3) is 0 Å². The van der Waals surface area contributed by atoms with Crippen LogP contribution in [0.4, 0.5) is 0 Å². The van der Waals surface area contributed by atoms with E-state index < -0.39 is 97.5 Å². The van der Waals surface area contributed by atoms with Gasteiger partial charge in [-0.3, -0.25) is 37.3 Å². The second kappa shape index (κ2) is 53.5. The number of esters is 4. The summed E-state index contributed by atoms with van der Waals surface area (Å²) in [5.74, 6) is 0.0398. The van der Waals surface area contributed by atoms with Crippen LogP contribution >= 0.6 is 15.6 Å². The highest BCUT2D eigenvalue weighted by molar-refractivity contribution is 7.47. The van der Waals surface area contributed by atoms with E-state index in [0.29, 0.717) is 37.5 Å². The Labute approximate surface area is 492 Å². The molecule has 0 heterocycles. The van der Waals surface area contributed by atoms with Gasteiger partial charge < -0.3 is 33.8 Å². The molecule has 0 bridgehead atoms. The standard InChI is InChI=1S/C62H120O17P2/c1-8-10-11-26-36-43-59(64)72-49-57(79-62(67)46-39-32-25-23-28-34-41-54(5)6)51-76-80(68,69)74-47-56(63)48-75-81(70,71)77-52-58(50-73-60(65)44-37-30-24-22-27-33-40-53(3)4)78-61(66)45-38-31-21-19-17-15-13-12-14-16-18-20-29-35-42-55(7)9-2/h53-58,63H,8-52H2,1-7H3,(H,68,69)(H,70,71)/t55?,56-,57+,58+/m0/s1. The van der Waals surface area contributed by atoms with E-state index in [0.717, 1.165) is 109 Å². The van der Waals surface area contributed by atoms with Gasteiger partial charge in [0.2, 0.25) is 0 Å². The van der Waals surface area contributed by atoms with Gasteiger partial charge in [-0.1, -0.05) is 248 Å². The van der Waals surface area contributed by atoms with Gasteiger partial charge in [-0.05, 0) is 43.4 Å². The first-order valence-electron chi connectivity index (χ1n) is 32.4. The van der Waals surface area contributed by atoms with Gasteiger partial charge in [-0.15, -0.1) is 0 Å². The van der Waals surface area contributed by atoms with E-state index in [1.807, 2.05) is 0 Å². The molecule has 6 atom stereocenters. The number of carbonyl (C=O) groups is 4. The Balaban J connectivity index is 5.12. The average Bonchev–Trinajstić information content (AvgIpc) is 3.42. The van der Waals surface area contributed by atoms with E-state index in [-0.39, 0.29) is 25.7 Å². The molecule has 0 fully saturated rings. The number of hydrogen-bond donors (Lipinski definition) is 3. The minimum atomic E-state index is -4.94. The van der Waals surface area contributed by atoms with Gasteiger partial charge >= 0.3 is 39.5 Å². The van der Waals surface area contributed by atoms with Gasteiger partial charge in [0.05, 0.1) is 26.4 Å². The number of phosphoric ester groups is 2. The largest absolute Gasteiger partial charge is 0.472 e. The number of unbranched alkanes of at least 4 members (excludes halogenated alkanes) is 27. The van der Waals surface area contributed by atoms with Crippen molar-refractivity contribution in [3.8, 4) is 0 Å². The van der Waals surface area contributed by atoms with Gasteiger partial charge in [0.25, 0.3) is 0 Å². The normalized spacial score (nSPS) is 14.8. The molecule has 3 unspecified atom stereocenters. The summed E-state index contributed by atoms with van der Waals surface area (Å²) in [6.45, 7) is 11.6. The lowest BCUT2D eigenvalue weighted by molar-refractivity contribution is -0.161. The van der Waals surface area contributed by atoms with Crippen LogP contribution < -0.4 is 0 Å². The van der Waals surface area contributed by atoms with Crippen LogP contribution in [0, 0.1) is 17.8 Å². The second-order valence-corrected chi connectivity index (χ2v) is 26.5. The lowest BCUT2D eigenvalue weighted by Gasteiger charge is -2.21. The molecule has 3 N–H and O–H groups in total. The van der Waals surface area contributed by atoms with Crippen molar-refractivity contribution in [1.82, 2.24) is 0 Å². The van der Waals surface area contributed by atoms with Crippen molar-refractivity contribution in [3.05, 3.63) is 0 Å². The first-order chi connectivity index (χ1) is 38.8. The maximum absolute atomic E-state index is 12.9. The number of phosphoric acid groups is 2. The number of hydrogen-bond acceptors (Lipinski definition) is 15. The van der Waals surface area contributed by atoms with Crippen molar-refractivity contribution in [1.29, 1.82) is 0 Å². The fraction of sp³-hybridized carbons (Fsp3) is 0.935. The average molecular weight is 1200 g/mol. The van der Waals surface area contributed by atoms with Crippen LogP contribution in [0.1, 0.15) is 299 Å². The topological polar surface area (TPSA) is 237 Å². The Morgan fingerprint density at radius 2 is 0.630 bits per heavy atom. The lowest BCUT2D eigenvalue weighted by atomic mass is 9.99. The first kappa shape index (κ1) is 79.1. The maximum atomic E-state index is 12.9. The predicted octanol–water partition coefficient (Wildman–Crippen LogP) is 16.7. The van der Waals surface area contributed by atoms with Crippen LogP contribution in [0.3, 0.4) is 0 Å². The highest BCUT2D eigenvalue weighted by atomic mass is 31.2. The molecule has 0 aliphatic carbocycles. The highest BCUT2D eigenvalue weighted by Crippen LogP contribution is 2.45. The SMILES string of the molecule is CCCCCCCC(=O)OC[C@H](COP(=O)(O)OC[C@H](O)COP(=O)(O)OC[C@@H](COC(=O)CCCCCCCCC(C)C)OC(=O)CCCCCCCCCCCCCCCCC(C)CC)OC(=O)CCCCCCCCC(C)C. The van der Waals surface area contributed by atoms with E-state index in [1.54, 1.807) is 0 Å². The van der Waals surface area contributed by atoms with Crippen molar-refractivity contribution in [2.75, 3.05) is 39.6 Å². The lowest BCUT2D eigenvalue weighted by Crippen LogP contribution is -2.30. The van der Waals surface area contributed by atoms with Crippen molar-refractivity contribution >= 4 is 39.5 Å². The van der Waals surface area contributed by atoms with Gasteiger partial charge in [-0.2, -0.15) is 0 Å².